The van der Waals surface area contributed by atoms with Crippen molar-refractivity contribution in [1.82, 2.24) is 20.3 Å². The predicted molar refractivity (Wildman–Crippen MR) is 102 cm³/mol. The number of phenols is 1. The highest BCUT2D eigenvalue weighted by Crippen LogP contribution is 2.31. The summed E-state index contributed by atoms with van der Waals surface area (Å²) in [5.41, 5.74) is 1.90. The Morgan fingerprint density at radius 1 is 1.18 bits per heavy atom. The van der Waals surface area contributed by atoms with E-state index in [2.05, 4.69) is 20.3 Å². The van der Waals surface area contributed by atoms with E-state index in [-0.39, 0.29) is 17.0 Å². The molecule has 0 fully saturated rings. The van der Waals surface area contributed by atoms with Gasteiger partial charge in [0.15, 0.2) is 0 Å². The number of amides is 1. The number of fused-ring (bicyclic) bond motifs is 1. The van der Waals surface area contributed by atoms with Crippen molar-refractivity contribution in [3.63, 3.8) is 0 Å². The number of phenolic OH excluding ortho intramolecular Hbond substituents is 1. The average molecular weight is 376 g/mol. The van der Waals surface area contributed by atoms with Gasteiger partial charge in [0.2, 0.25) is 0 Å². The number of nitrogens with zero attached hydrogens (tertiary/aromatic N) is 2. The third-order valence-corrected chi connectivity index (χ3v) is 4.45. The number of benzene rings is 2. The molecule has 0 saturated heterocycles. The predicted octanol–water partition coefficient (Wildman–Crippen LogP) is 3.63. The standard InChI is InChI=1S/C21H17FN4O2/c1-12-23-9-8-17(24-12)21(28)26-20(15-11-14(22)6-7-19(15)27)18-10-13-4-2-3-5-16(13)25-18/h2-11,20,25,27H,1H3,(H,26,28). The fourth-order valence-corrected chi connectivity index (χ4v) is 3.12. The topological polar surface area (TPSA) is 90.9 Å². The molecule has 7 heteroatoms. The summed E-state index contributed by atoms with van der Waals surface area (Å²) in [6.07, 6.45) is 1.49. The van der Waals surface area contributed by atoms with Crippen molar-refractivity contribution in [2.45, 2.75) is 13.0 Å². The first-order chi connectivity index (χ1) is 13.5. The van der Waals surface area contributed by atoms with Crippen molar-refractivity contribution in [1.29, 1.82) is 0 Å². The molecule has 0 radical (unpaired) electrons. The van der Waals surface area contributed by atoms with Crippen LogP contribution in [0.2, 0.25) is 0 Å². The minimum atomic E-state index is -0.800. The van der Waals surface area contributed by atoms with Crippen molar-refractivity contribution in [3.8, 4) is 5.75 Å². The van der Waals surface area contributed by atoms with Crippen molar-refractivity contribution < 1.29 is 14.3 Å². The van der Waals surface area contributed by atoms with Crippen LogP contribution in [-0.4, -0.2) is 26.0 Å². The molecule has 28 heavy (non-hydrogen) atoms. The van der Waals surface area contributed by atoms with Gasteiger partial charge < -0.3 is 15.4 Å². The van der Waals surface area contributed by atoms with Crippen LogP contribution in [0.15, 0.2) is 60.8 Å². The molecule has 4 aromatic rings. The van der Waals surface area contributed by atoms with Crippen LogP contribution >= 0.6 is 0 Å². The fraction of sp³-hybridized carbons (Fsp3) is 0.0952. The molecule has 0 aliphatic carbocycles. The normalized spacial score (nSPS) is 12.1. The lowest BCUT2D eigenvalue weighted by Gasteiger charge is -2.19. The second-order valence-electron chi connectivity index (χ2n) is 6.41. The molecule has 3 N–H and O–H groups in total. The fourth-order valence-electron chi connectivity index (χ4n) is 3.12. The van der Waals surface area contributed by atoms with E-state index in [1.807, 2.05) is 30.3 Å². The first-order valence-electron chi connectivity index (χ1n) is 8.68. The molecular formula is C21H17FN4O2. The van der Waals surface area contributed by atoms with E-state index < -0.39 is 17.8 Å². The molecule has 0 spiro atoms. The monoisotopic (exact) mass is 376 g/mol. The first kappa shape index (κ1) is 17.7. The molecule has 2 aromatic heterocycles. The third kappa shape index (κ3) is 3.42. The van der Waals surface area contributed by atoms with Gasteiger partial charge in [-0.25, -0.2) is 14.4 Å². The van der Waals surface area contributed by atoms with Crippen LogP contribution in [0.1, 0.15) is 33.6 Å². The Balaban J connectivity index is 1.79. The lowest BCUT2D eigenvalue weighted by molar-refractivity contribution is 0.0936. The van der Waals surface area contributed by atoms with Crippen molar-refractivity contribution in [2.24, 2.45) is 0 Å². The van der Waals surface area contributed by atoms with Gasteiger partial charge in [-0.3, -0.25) is 4.79 Å². The van der Waals surface area contributed by atoms with Crippen LogP contribution in [-0.2, 0) is 0 Å². The summed E-state index contributed by atoms with van der Waals surface area (Å²) >= 11 is 0. The van der Waals surface area contributed by atoms with Gasteiger partial charge >= 0.3 is 0 Å². The van der Waals surface area contributed by atoms with E-state index in [0.717, 1.165) is 17.0 Å². The van der Waals surface area contributed by atoms with Gasteiger partial charge in [-0.2, -0.15) is 0 Å². The maximum atomic E-state index is 13.9. The van der Waals surface area contributed by atoms with Crippen LogP contribution in [0.5, 0.6) is 5.75 Å². The van der Waals surface area contributed by atoms with Gasteiger partial charge in [0.1, 0.15) is 23.1 Å². The molecule has 1 unspecified atom stereocenters. The molecule has 4 rings (SSSR count). The number of aromatic hydroxyl groups is 1. The number of aromatic nitrogens is 3. The Morgan fingerprint density at radius 2 is 2.00 bits per heavy atom. The summed E-state index contributed by atoms with van der Waals surface area (Å²) in [5.74, 6) is -0.633. The Labute approximate surface area is 160 Å². The van der Waals surface area contributed by atoms with E-state index in [9.17, 15) is 14.3 Å². The zero-order chi connectivity index (χ0) is 19.7. The number of carbonyl (C=O) groups is 1. The van der Waals surface area contributed by atoms with Gasteiger partial charge in [0.25, 0.3) is 5.91 Å². The SMILES string of the molecule is Cc1nccc(C(=O)NC(c2cc3ccccc3[nH]2)c2cc(F)ccc2O)n1. The molecule has 1 amide bonds. The van der Waals surface area contributed by atoms with Crippen LogP contribution < -0.4 is 5.32 Å². The van der Waals surface area contributed by atoms with E-state index in [1.165, 1.54) is 24.4 Å². The zero-order valence-corrected chi connectivity index (χ0v) is 15.0. The average Bonchev–Trinajstić information content (AvgIpc) is 3.12. The smallest absolute Gasteiger partial charge is 0.270 e. The van der Waals surface area contributed by atoms with Crippen LogP contribution in [0.3, 0.4) is 0 Å². The highest BCUT2D eigenvalue weighted by molar-refractivity contribution is 5.93. The molecule has 140 valence electrons. The lowest BCUT2D eigenvalue weighted by atomic mass is 10.0. The first-order valence-corrected chi connectivity index (χ1v) is 8.68. The number of H-pyrrole nitrogens is 1. The number of halogens is 1. The van der Waals surface area contributed by atoms with E-state index in [1.54, 1.807) is 6.92 Å². The number of carbonyl (C=O) groups excluding carboxylic acids is 1. The molecule has 2 aromatic carbocycles. The van der Waals surface area contributed by atoms with Gasteiger partial charge in [-0.05, 0) is 48.7 Å². The molecule has 0 aliphatic rings. The highest BCUT2D eigenvalue weighted by atomic mass is 19.1. The van der Waals surface area contributed by atoms with Gasteiger partial charge in [0.05, 0.1) is 6.04 Å². The number of nitrogens with one attached hydrogen (secondary N) is 2. The molecule has 6 nitrogen and oxygen atoms in total. The van der Waals surface area contributed by atoms with Gasteiger partial charge in [0, 0.05) is 23.0 Å². The summed E-state index contributed by atoms with van der Waals surface area (Å²) < 4.78 is 13.9. The Morgan fingerprint density at radius 3 is 2.79 bits per heavy atom. The van der Waals surface area contributed by atoms with E-state index in [0.29, 0.717) is 11.5 Å². The number of aromatic amines is 1. The highest BCUT2D eigenvalue weighted by Gasteiger charge is 2.23. The molecule has 0 saturated carbocycles. The maximum absolute atomic E-state index is 13.9. The number of hydrogen-bond donors (Lipinski definition) is 3. The zero-order valence-electron chi connectivity index (χ0n) is 15.0. The minimum absolute atomic E-state index is 0.121. The summed E-state index contributed by atoms with van der Waals surface area (Å²) in [7, 11) is 0. The Hall–Kier alpha value is -3.74. The second-order valence-corrected chi connectivity index (χ2v) is 6.41. The van der Waals surface area contributed by atoms with Crippen LogP contribution in [0.25, 0.3) is 10.9 Å². The largest absolute Gasteiger partial charge is 0.508 e. The molecule has 0 aliphatic heterocycles. The summed E-state index contributed by atoms with van der Waals surface area (Å²) in [6, 6.07) is 13.8. The Bertz CT molecular complexity index is 1140. The summed E-state index contributed by atoms with van der Waals surface area (Å²) in [5, 5.41) is 14.1. The maximum Gasteiger partial charge on any atom is 0.270 e. The number of rotatable bonds is 4. The quantitative estimate of drug-likeness (QED) is 0.507. The number of aryl methyl sites for hydroxylation is 1. The molecule has 1 atom stereocenters. The molecular weight excluding hydrogens is 359 g/mol. The number of hydrogen-bond acceptors (Lipinski definition) is 4. The molecule has 0 bridgehead atoms. The van der Waals surface area contributed by atoms with Crippen LogP contribution in [0.4, 0.5) is 4.39 Å². The molecule has 2 heterocycles. The third-order valence-electron chi connectivity index (χ3n) is 4.45. The van der Waals surface area contributed by atoms with Gasteiger partial charge in [-0.15, -0.1) is 0 Å². The van der Waals surface area contributed by atoms with Gasteiger partial charge in [-0.1, -0.05) is 18.2 Å². The lowest BCUT2D eigenvalue weighted by Crippen LogP contribution is -2.30. The van der Waals surface area contributed by atoms with Crippen molar-refractivity contribution in [2.75, 3.05) is 0 Å². The van der Waals surface area contributed by atoms with Crippen molar-refractivity contribution >= 4 is 16.8 Å². The van der Waals surface area contributed by atoms with Crippen molar-refractivity contribution in [3.05, 3.63) is 89.4 Å². The minimum Gasteiger partial charge on any atom is -0.508 e. The summed E-state index contributed by atoms with van der Waals surface area (Å²) in [6.45, 7) is 1.68. The Kier molecular flexibility index (Phi) is 4.49. The number of para-hydroxylation sites is 1. The summed E-state index contributed by atoms with van der Waals surface area (Å²) in [4.78, 5) is 24.1. The van der Waals surface area contributed by atoms with E-state index >= 15 is 0 Å². The van der Waals surface area contributed by atoms with Crippen LogP contribution in [0, 0.1) is 12.7 Å². The second kappa shape index (κ2) is 7.11. The van der Waals surface area contributed by atoms with E-state index in [4.69, 9.17) is 0 Å².